The van der Waals surface area contributed by atoms with Crippen molar-refractivity contribution >= 4 is 17.3 Å². The highest BCUT2D eigenvalue weighted by molar-refractivity contribution is 6.33. The number of non-ortho nitro benzene ring substituents is 1. The molecule has 0 radical (unpaired) electrons. The molecule has 7 heteroatoms. The molecule has 1 N–H and O–H groups in total. The summed E-state index contributed by atoms with van der Waals surface area (Å²) in [6.45, 7) is 0. The van der Waals surface area contributed by atoms with E-state index in [9.17, 15) is 14.9 Å². The Hall–Kier alpha value is -2.21. The van der Waals surface area contributed by atoms with E-state index in [0.29, 0.717) is 0 Å². The van der Waals surface area contributed by atoms with Gasteiger partial charge in [-0.25, -0.2) is 4.98 Å². The third-order valence-electron chi connectivity index (χ3n) is 2.17. The van der Waals surface area contributed by atoms with Gasteiger partial charge in [-0.3, -0.25) is 14.9 Å². The molecule has 0 saturated carbocycles. The predicted molar refractivity (Wildman–Crippen MR) is 62.0 cm³/mol. The van der Waals surface area contributed by atoms with E-state index < -0.39 is 10.5 Å². The molecular weight excluding hydrogens is 246 g/mol. The lowest BCUT2D eigenvalue weighted by molar-refractivity contribution is -0.384. The summed E-state index contributed by atoms with van der Waals surface area (Å²) >= 11 is 5.90. The van der Waals surface area contributed by atoms with Crippen LogP contribution < -0.4 is 5.56 Å². The third kappa shape index (κ3) is 2.16. The quantitative estimate of drug-likeness (QED) is 0.653. The number of nitrogens with zero attached hydrogens (tertiary/aromatic N) is 2. The fourth-order valence-electron chi connectivity index (χ4n) is 1.37. The first kappa shape index (κ1) is 11.3. The van der Waals surface area contributed by atoms with Crippen LogP contribution >= 0.6 is 11.6 Å². The Morgan fingerprint density at radius 3 is 2.76 bits per heavy atom. The maximum atomic E-state index is 11.5. The van der Waals surface area contributed by atoms with Crippen LogP contribution in [0.25, 0.3) is 11.1 Å². The van der Waals surface area contributed by atoms with Crippen molar-refractivity contribution in [1.29, 1.82) is 0 Å². The minimum Gasteiger partial charge on any atom is -0.313 e. The number of hydrogen-bond donors (Lipinski definition) is 1. The summed E-state index contributed by atoms with van der Waals surface area (Å²) in [7, 11) is 0. The van der Waals surface area contributed by atoms with Crippen LogP contribution in [0.5, 0.6) is 0 Å². The molecule has 0 spiro atoms. The van der Waals surface area contributed by atoms with E-state index in [-0.39, 0.29) is 21.8 Å². The average molecular weight is 252 g/mol. The SMILES string of the molecule is O=c1[nH]cncc1-c1cc([N+](=O)[O-])ccc1Cl. The molecule has 1 aromatic carbocycles. The van der Waals surface area contributed by atoms with Crippen LogP contribution in [0.3, 0.4) is 0 Å². The number of benzene rings is 1. The molecule has 0 amide bonds. The Morgan fingerprint density at radius 2 is 2.12 bits per heavy atom. The van der Waals surface area contributed by atoms with Crippen LogP contribution in [0.15, 0.2) is 35.5 Å². The summed E-state index contributed by atoms with van der Waals surface area (Å²) < 4.78 is 0. The predicted octanol–water partition coefficient (Wildman–Crippen LogP) is 2.00. The molecule has 17 heavy (non-hydrogen) atoms. The Labute approximate surface area is 100 Å². The fraction of sp³-hybridized carbons (Fsp3) is 0. The van der Waals surface area contributed by atoms with E-state index in [1.807, 2.05) is 0 Å². The Morgan fingerprint density at radius 1 is 1.35 bits per heavy atom. The number of H-pyrrole nitrogens is 1. The van der Waals surface area contributed by atoms with Gasteiger partial charge in [0.25, 0.3) is 11.2 Å². The molecule has 0 aliphatic heterocycles. The van der Waals surface area contributed by atoms with Crippen molar-refractivity contribution in [3.8, 4) is 11.1 Å². The van der Waals surface area contributed by atoms with Gasteiger partial charge in [0.15, 0.2) is 0 Å². The van der Waals surface area contributed by atoms with Crippen molar-refractivity contribution in [2.75, 3.05) is 0 Å². The number of nitrogens with one attached hydrogen (secondary N) is 1. The highest BCUT2D eigenvalue weighted by atomic mass is 35.5. The zero-order valence-electron chi connectivity index (χ0n) is 8.38. The molecule has 0 bridgehead atoms. The van der Waals surface area contributed by atoms with E-state index in [4.69, 9.17) is 11.6 Å². The topological polar surface area (TPSA) is 88.9 Å². The summed E-state index contributed by atoms with van der Waals surface area (Å²) in [6, 6.07) is 3.90. The lowest BCUT2D eigenvalue weighted by Crippen LogP contribution is -2.08. The molecule has 86 valence electrons. The Balaban J connectivity index is 2.67. The van der Waals surface area contributed by atoms with Crippen LogP contribution in [0, 0.1) is 10.1 Å². The molecule has 0 aliphatic carbocycles. The van der Waals surface area contributed by atoms with Crippen molar-refractivity contribution in [3.63, 3.8) is 0 Å². The van der Waals surface area contributed by atoms with Crippen molar-refractivity contribution in [1.82, 2.24) is 9.97 Å². The molecule has 0 atom stereocenters. The second-order valence-electron chi connectivity index (χ2n) is 3.22. The van der Waals surface area contributed by atoms with Crippen molar-refractivity contribution in [2.45, 2.75) is 0 Å². The van der Waals surface area contributed by atoms with E-state index in [0.717, 1.165) is 0 Å². The minimum atomic E-state index is -0.551. The number of aromatic nitrogens is 2. The van der Waals surface area contributed by atoms with Crippen LogP contribution in [-0.4, -0.2) is 14.9 Å². The van der Waals surface area contributed by atoms with E-state index in [2.05, 4.69) is 9.97 Å². The molecule has 0 unspecified atom stereocenters. The van der Waals surface area contributed by atoms with Crippen molar-refractivity contribution in [3.05, 3.63) is 56.2 Å². The standard InChI is InChI=1S/C10H6ClN3O3/c11-9-2-1-6(14(16)17)3-7(9)8-4-12-5-13-10(8)15/h1-5H,(H,12,13,15). The molecule has 6 nitrogen and oxygen atoms in total. The molecule has 0 saturated heterocycles. The molecule has 2 aromatic rings. The third-order valence-corrected chi connectivity index (χ3v) is 2.50. The molecule has 1 aromatic heterocycles. The zero-order chi connectivity index (χ0) is 12.4. The van der Waals surface area contributed by atoms with Crippen LogP contribution in [-0.2, 0) is 0 Å². The largest absolute Gasteiger partial charge is 0.313 e. The van der Waals surface area contributed by atoms with Gasteiger partial charge in [0.1, 0.15) is 0 Å². The van der Waals surface area contributed by atoms with Crippen LogP contribution in [0.1, 0.15) is 0 Å². The summed E-state index contributed by atoms with van der Waals surface area (Å²) in [4.78, 5) is 27.8. The summed E-state index contributed by atoms with van der Waals surface area (Å²) in [5, 5.41) is 10.9. The number of halogens is 1. The number of aromatic amines is 1. The average Bonchev–Trinajstić information content (AvgIpc) is 2.30. The van der Waals surface area contributed by atoms with Crippen molar-refractivity contribution in [2.24, 2.45) is 0 Å². The minimum absolute atomic E-state index is 0.132. The number of hydrogen-bond acceptors (Lipinski definition) is 4. The first-order valence-corrected chi connectivity index (χ1v) is 4.94. The highest BCUT2D eigenvalue weighted by Gasteiger charge is 2.13. The summed E-state index contributed by atoms with van der Waals surface area (Å²) in [5.74, 6) is 0. The smallest absolute Gasteiger partial charge is 0.270 e. The lowest BCUT2D eigenvalue weighted by atomic mass is 10.1. The van der Waals surface area contributed by atoms with Crippen LogP contribution in [0.4, 0.5) is 5.69 Å². The molecule has 0 fully saturated rings. The monoisotopic (exact) mass is 251 g/mol. The zero-order valence-corrected chi connectivity index (χ0v) is 9.14. The summed E-state index contributed by atoms with van der Waals surface area (Å²) in [5.41, 5.74) is -0.0496. The van der Waals surface area contributed by atoms with E-state index in [1.165, 1.54) is 30.7 Å². The maximum absolute atomic E-state index is 11.5. The Bertz CT molecular complexity index is 639. The lowest BCUT2D eigenvalue weighted by Gasteiger charge is -2.02. The summed E-state index contributed by atoms with van der Waals surface area (Å²) in [6.07, 6.45) is 2.54. The number of nitro groups is 1. The first-order valence-electron chi connectivity index (χ1n) is 4.56. The highest BCUT2D eigenvalue weighted by Crippen LogP contribution is 2.28. The second kappa shape index (κ2) is 4.34. The van der Waals surface area contributed by atoms with Gasteiger partial charge in [-0.1, -0.05) is 11.6 Å². The molecule has 1 heterocycles. The van der Waals surface area contributed by atoms with E-state index >= 15 is 0 Å². The normalized spacial score (nSPS) is 10.2. The van der Waals surface area contributed by atoms with Crippen molar-refractivity contribution < 1.29 is 4.92 Å². The van der Waals surface area contributed by atoms with Gasteiger partial charge in [0.05, 0.1) is 16.8 Å². The van der Waals surface area contributed by atoms with E-state index in [1.54, 1.807) is 0 Å². The second-order valence-corrected chi connectivity index (χ2v) is 3.62. The van der Waals surface area contributed by atoms with Gasteiger partial charge in [0.2, 0.25) is 0 Å². The van der Waals surface area contributed by atoms with Crippen LogP contribution in [0.2, 0.25) is 5.02 Å². The number of rotatable bonds is 2. The van der Waals surface area contributed by atoms with Gasteiger partial charge in [-0.15, -0.1) is 0 Å². The van der Waals surface area contributed by atoms with Gasteiger partial charge >= 0.3 is 0 Å². The van der Waals surface area contributed by atoms with Gasteiger partial charge in [-0.2, -0.15) is 0 Å². The molecular formula is C10H6ClN3O3. The van der Waals surface area contributed by atoms with Gasteiger partial charge in [0, 0.05) is 28.9 Å². The molecule has 0 aliphatic rings. The Kier molecular flexibility index (Phi) is 2.88. The first-order chi connectivity index (χ1) is 8.09. The number of nitro benzene ring substituents is 1. The van der Waals surface area contributed by atoms with Gasteiger partial charge < -0.3 is 4.98 Å². The fourth-order valence-corrected chi connectivity index (χ4v) is 1.59. The molecule has 2 rings (SSSR count). The maximum Gasteiger partial charge on any atom is 0.270 e. The van der Waals surface area contributed by atoms with Gasteiger partial charge in [-0.05, 0) is 6.07 Å².